The highest BCUT2D eigenvalue weighted by Crippen LogP contribution is 2.22. The first-order chi connectivity index (χ1) is 11.9. The van der Waals surface area contributed by atoms with Gasteiger partial charge in [-0.05, 0) is 61.2 Å². The number of hydrogen-bond donors (Lipinski definition) is 2. The Morgan fingerprint density at radius 2 is 1.84 bits per heavy atom. The molecule has 7 heteroatoms. The Kier molecular flexibility index (Phi) is 5.15. The monoisotopic (exact) mass is 362 g/mol. The first-order valence-electron chi connectivity index (χ1n) is 8.09. The molecule has 132 valence electrons. The maximum Gasteiger partial charge on any atom is 0.251 e. The summed E-state index contributed by atoms with van der Waals surface area (Å²) in [6, 6.07) is 12.1. The summed E-state index contributed by atoms with van der Waals surface area (Å²) in [5.74, 6) is -0.601. The van der Waals surface area contributed by atoms with Crippen LogP contribution in [-0.2, 0) is 16.4 Å². The fraction of sp³-hybridized carbons (Fsp3) is 0.278. The van der Waals surface area contributed by atoms with Crippen LogP contribution in [0.25, 0.3) is 0 Å². The van der Waals surface area contributed by atoms with Gasteiger partial charge in [-0.2, -0.15) is 0 Å². The SMILES string of the molecule is O=C(NCCc1cccc(F)c1)c1ccc(S(=O)(=O)NC2CC2)cc1. The van der Waals surface area contributed by atoms with Crippen molar-refractivity contribution in [2.24, 2.45) is 0 Å². The predicted octanol–water partition coefficient (Wildman–Crippen LogP) is 2.24. The van der Waals surface area contributed by atoms with E-state index < -0.39 is 10.0 Å². The third-order valence-electron chi connectivity index (χ3n) is 3.91. The highest BCUT2D eigenvalue weighted by Gasteiger charge is 2.27. The van der Waals surface area contributed by atoms with Crippen LogP contribution < -0.4 is 10.0 Å². The minimum absolute atomic E-state index is 0.0378. The van der Waals surface area contributed by atoms with Crippen molar-refractivity contribution in [3.05, 3.63) is 65.5 Å². The Morgan fingerprint density at radius 1 is 1.12 bits per heavy atom. The molecule has 25 heavy (non-hydrogen) atoms. The van der Waals surface area contributed by atoms with E-state index in [9.17, 15) is 17.6 Å². The van der Waals surface area contributed by atoms with Gasteiger partial charge in [0.15, 0.2) is 0 Å². The number of carbonyl (C=O) groups is 1. The molecule has 1 amide bonds. The standard InChI is InChI=1S/C18H19FN2O3S/c19-15-3-1-2-13(12-15)10-11-20-18(22)14-4-8-17(9-5-14)25(23,24)21-16-6-7-16/h1-5,8-9,12,16,21H,6-7,10-11H2,(H,20,22). The van der Waals surface area contributed by atoms with Crippen molar-refractivity contribution in [2.45, 2.75) is 30.2 Å². The average molecular weight is 362 g/mol. The normalized spacial score (nSPS) is 14.3. The maximum atomic E-state index is 13.1. The summed E-state index contributed by atoms with van der Waals surface area (Å²) in [4.78, 5) is 12.2. The molecule has 0 saturated heterocycles. The van der Waals surface area contributed by atoms with Crippen molar-refractivity contribution in [1.29, 1.82) is 0 Å². The summed E-state index contributed by atoms with van der Waals surface area (Å²) >= 11 is 0. The highest BCUT2D eigenvalue weighted by atomic mass is 32.2. The summed E-state index contributed by atoms with van der Waals surface area (Å²) < 4.78 is 39.8. The fourth-order valence-corrected chi connectivity index (χ4v) is 3.69. The Hall–Kier alpha value is -2.25. The second-order valence-corrected chi connectivity index (χ2v) is 7.77. The molecule has 0 aromatic heterocycles. The minimum atomic E-state index is -3.51. The highest BCUT2D eigenvalue weighted by molar-refractivity contribution is 7.89. The molecule has 0 bridgehead atoms. The molecule has 2 aromatic carbocycles. The summed E-state index contributed by atoms with van der Waals surface area (Å²) in [5.41, 5.74) is 1.18. The molecule has 1 aliphatic rings. The molecule has 0 spiro atoms. The van der Waals surface area contributed by atoms with E-state index in [0.29, 0.717) is 18.5 Å². The molecule has 1 fully saturated rings. The minimum Gasteiger partial charge on any atom is -0.352 e. The molecule has 5 nitrogen and oxygen atoms in total. The average Bonchev–Trinajstić information content (AvgIpc) is 3.38. The first-order valence-corrected chi connectivity index (χ1v) is 9.57. The van der Waals surface area contributed by atoms with E-state index in [-0.39, 0.29) is 22.7 Å². The van der Waals surface area contributed by atoms with Crippen LogP contribution in [0.1, 0.15) is 28.8 Å². The van der Waals surface area contributed by atoms with Crippen LogP contribution in [0.2, 0.25) is 0 Å². The molecule has 0 radical (unpaired) electrons. The fourth-order valence-electron chi connectivity index (χ4n) is 2.39. The van der Waals surface area contributed by atoms with Gasteiger partial charge in [0.1, 0.15) is 5.82 Å². The van der Waals surface area contributed by atoms with Crippen LogP contribution in [0.5, 0.6) is 0 Å². The Balaban J connectivity index is 1.55. The second kappa shape index (κ2) is 7.33. The number of nitrogens with one attached hydrogen (secondary N) is 2. The van der Waals surface area contributed by atoms with Crippen LogP contribution in [-0.4, -0.2) is 26.9 Å². The molecule has 0 atom stereocenters. The Bertz CT molecular complexity index is 862. The summed E-state index contributed by atoms with van der Waals surface area (Å²) in [5, 5.41) is 2.74. The lowest BCUT2D eigenvalue weighted by atomic mass is 10.1. The molecular formula is C18H19FN2O3S. The molecule has 2 aromatic rings. The molecule has 0 unspecified atom stereocenters. The van der Waals surface area contributed by atoms with E-state index in [2.05, 4.69) is 10.0 Å². The largest absolute Gasteiger partial charge is 0.352 e. The number of carbonyl (C=O) groups excluding carboxylic acids is 1. The van der Waals surface area contributed by atoms with Gasteiger partial charge in [0.2, 0.25) is 10.0 Å². The van der Waals surface area contributed by atoms with Gasteiger partial charge in [0.05, 0.1) is 4.90 Å². The van der Waals surface area contributed by atoms with Gasteiger partial charge < -0.3 is 5.32 Å². The second-order valence-electron chi connectivity index (χ2n) is 6.06. The quantitative estimate of drug-likeness (QED) is 0.793. The predicted molar refractivity (Wildman–Crippen MR) is 92.2 cm³/mol. The zero-order chi connectivity index (χ0) is 17.9. The molecule has 1 aliphatic carbocycles. The number of halogens is 1. The van der Waals surface area contributed by atoms with Crippen LogP contribution in [0.3, 0.4) is 0 Å². The number of amides is 1. The van der Waals surface area contributed by atoms with Gasteiger partial charge in [-0.1, -0.05) is 12.1 Å². The summed E-state index contributed by atoms with van der Waals surface area (Å²) in [7, 11) is -3.51. The lowest BCUT2D eigenvalue weighted by Crippen LogP contribution is -2.27. The van der Waals surface area contributed by atoms with Crippen molar-refractivity contribution >= 4 is 15.9 Å². The zero-order valence-corrected chi connectivity index (χ0v) is 14.4. The lowest BCUT2D eigenvalue weighted by Gasteiger charge is -2.08. The molecule has 0 aliphatic heterocycles. The van der Waals surface area contributed by atoms with Crippen LogP contribution in [0.4, 0.5) is 4.39 Å². The van der Waals surface area contributed by atoms with Crippen molar-refractivity contribution in [2.75, 3.05) is 6.54 Å². The van der Waals surface area contributed by atoms with Crippen molar-refractivity contribution in [3.8, 4) is 0 Å². The van der Waals surface area contributed by atoms with Gasteiger partial charge in [0, 0.05) is 18.2 Å². The zero-order valence-electron chi connectivity index (χ0n) is 13.5. The topological polar surface area (TPSA) is 75.3 Å². The lowest BCUT2D eigenvalue weighted by molar-refractivity contribution is 0.0954. The first kappa shape index (κ1) is 17.6. The number of sulfonamides is 1. The smallest absolute Gasteiger partial charge is 0.251 e. The van der Waals surface area contributed by atoms with Crippen molar-refractivity contribution < 1.29 is 17.6 Å². The molecular weight excluding hydrogens is 343 g/mol. The van der Waals surface area contributed by atoms with Crippen LogP contribution in [0, 0.1) is 5.82 Å². The van der Waals surface area contributed by atoms with E-state index in [1.165, 1.54) is 36.4 Å². The molecule has 0 heterocycles. The van der Waals surface area contributed by atoms with Gasteiger partial charge in [-0.15, -0.1) is 0 Å². The summed E-state index contributed by atoms with van der Waals surface area (Å²) in [6.07, 6.45) is 2.25. The maximum absolute atomic E-state index is 13.1. The van der Waals surface area contributed by atoms with Crippen LogP contribution in [0.15, 0.2) is 53.4 Å². The van der Waals surface area contributed by atoms with E-state index >= 15 is 0 Å². The van der Waals surface area contributed by atoms with Gasteiger partial charge in [-0.25, -0.2) is 17.5 Å². The van der Waals surface area contributed by atoms with Gasteiger partial charge >= 0.3 is 0 Å². The Morgan fingerprint density at radius 3 is 2.48 bits per heavy atom. The van der Waals surface area contributed by atoms with E-state index in [4.69, 9.17) is 0 Å². The van der Waals surface area contributed by atoms with E-state index in [1.807, 2.05) is 0 Å². The number of benzene rings is 2. The molecule has 1 saturated carbocycles. The third kappa shape index (κ3) is 4.87. The summed E-state index contributed by atoms with van der Waals surface area (Å²) in [6.45, 7) is 0.367. The number of rotatable bonds is 7. The van der Waals surface area contributed by atoms with E-state index in [0.717, 1.165) is 18.4 Å². The van der Waals surface area contributed by atoms with Gasteiger partial charge in [0.25, 0.3) is 5.91 Å². The molecule has 3 rings (SSSR count). The van der Waals surface area contributed by atoms with Crippen molar-refractivity contribution in [1.82, 2.24) is 10.0 Å². The van der Waals surface area contributed by atoms with Crippen molar-refractivity contribution in [3.63, 3.8) is 0 Å². The Labute approximate surface area is 146 Å². The number of hydrogen-bond acceptors (Lipinski definition) is 3. The molecule has 2 N–H and O–H groups in total. The van der Waals surface area contributed by atoms with E-state index in [1.54, 1.807) is 12.1 Å². The third-order valence-corrected chi connectivity index (χ3v) is 5.45. The van der Waals surface area contributed by atoms with Crippen LogP contribution >= 0.6 is 0 Å². The van der Waals surface area contributed by atoms with Gasteiger partial charge in [-0.3, -0.25) is 4.79 Å².